The highest BCUT2D eigenvalue weighted by molar-refractivity contribution is 6.76. The highest BCUT2D eigenvalue weighted by atomic mass is 28.3. The summed E-state index contributed by atoms with van der Waals surface area (Å²) in [7, 11) is -2.63. The second-order valence-corrected chi connectivity index (χ2v) is 18.5. The Morgan fingerprint density at radius 2 is 0.818 bits per heavy atom. The zero-order chi connectivity index (χ0) is 18.2. The van der Waals surface area contributed by atoms with Crippen LogP contribution in [-0.4, -0.2) is 39.6 Å². The van der Waals surface area contributed by atoms with Crippen molar-refractivity contribution in [3.8, 4) is 0 Å². The van der Waals surface area contributed by atoms with E-state index in [2.05, 4.69) is 70.6 Å². The molecule has 6 heteroatoms. The number of aliphatic imine (C=N–C) groups is 2. The fraction of sp³-hybridized carbons (Fsp3) is 0.875. The van der Waals surface area contributed by atoms with Gasteiger partial charge in [-0.05, 0) is 80.8 Å². The van der Waals surface area contributed by atoms with Crippen molar-refractivity contribution in [3.63, 3.8) is 0 Å². The summed E-state index contributed by atoms with van der Waals surface area (Å²) in [5, 5.41) is 0. The minimum Gasteiger partial charge on any atom is -0.268 e. The Morgan fingerprint density at radius 1 is 0.545 bits per heavy atom. The highest BCUT2D eigenvalue weighted by Crippen LogP contribution is 2.07. The Labute approximate surface area is 140 Å². The second kappa shape index (κ2) is 8.73. The first kappa shape index (κ1) is 23.5. The average Bonchev–Trinajstić information content (AvgIpc) is 2.08. The summed E-state index contributed by atoms with van der Waals surface area (Å²) in [6.07, 6.45) is 0. The van der Waals surface area contributed by atoms with E-state index in [9.17, 15) is 0 Å². The summed E-state index contributed by atoms with van der Waals surface area (Å²) in [5.74, 6) is 0. The second-order valence-electron chi connectivity index (χ2n) is 9.33. The number of nitrogens with zero attached hydrogens (tertiary/aromatic N) is 4. The Morgan fingerprint density at radius 3 is 1.00 bits per heavy atom. The fourth-order valence-corrected chi connectivity index (χ4v) is 1.45. The largest absolute Gasteiger partial charge is 0.268 e. The van der Waals surface area contributed by atoms with Crippen LogP contribution in [-0.2, 0) is 0 Å². The van der Waals surface area contributed by atoms with Gasteiger partial charge in [0, 0.05) is 0 Å². The molecule has 0 aliphatic carbocycles. The van der Waals surface area contributed by atoms with Crippen molar-refractivity contribution in [2.45, 2.75) is 91.9 Å². The highest BCUT2D eigenvalue weighted by Gasteiger charge is 2.12. The van der Waals surface area contributed by atoms with Gasteiger partial charge in [-0.15, -0.1) is 0 Å². The average molecular weight is 341 g/mol. The van der Waals surface area contributed by atoms with E-state index < -0.39 is 16.5 Å². The fourth-order valence-electron chi connectivity index (χ4n) is 0.650. The molecule has 0 aromatic carbocycles. The van der Waals surface area contributed by atoms with Crippen molar-refractivity contribution in [1.82, 2.24) is 0 Å². The molecule has 0 atom stereocenters. The molecule has 22 heavy (non-hydrogen) atoms. The summed E-state index contributed by atoms with van der Waals surface area (Å²) < 4.78 is 8.60. The lowest BCUT2D eigenvalue weighted by atomic mass is 10.1. The van der Waals surface area contributed by atoms with E-state index in [1.165, 1.54) is 0 Å². The predicted molar refractivity (Wildman–Crippen MR) is 106 cm³/mol. The smallest absolute Gasteiger partial charge is 0.186 e. The van der Waals surface area contributed by atoms with Gasteiger partial charge < -0.3 is 0 Å². The first-order valence-electron chi connectivity index (χ1n) is 7.79. The maximum absolute atomic E-state index is 4.30. The van der Waals surface area contributed by atoms with Crippen molar-refractivity contribution < 1.29 is 0 Å². The molecule has 128 valence electrons. The molecule has 0 rings (SSSR count). The van der Waals surface area contributed by atoms with Crippen molar-refractivity contribution in [2.75, 3.05) is 0 Å². The Bertz CT molecular complexity index is 362. The van der Waals surface area contributed by atoms with E-state index >= 15 is 0 Å². The monoisotopic (exact) mass is 340 g/mol. The van der Waals surface area contributed by atoms with Crippen molar-refractivity contribution in [3.05, 3.63) is 0 Å². The molecule has 0 N–H and O–H groups in total. The standard InChI is InChI=1S/C9H18N2.C7H18N2Si2/c1-8(2,3)10-7-11-9(4,5)6;1-10(2,3)8-7-9-11(4,5)6/h2*1-6H3. The first-order chi connectivity index (χ1) is 9.41. The Hall–Kier alpha value is -0.806. The zero-order valence-electron chi connectivity index (χ0n) is 16.8. The van der Waals surface area contributed by atoms with Crippen LogP contribution in [0.2, 0.25) is 39.3 Å². The van der Waals surface area contributed by atoms with Crippen LogP contribution < -0.4 is 0 Å². The van der Waals surface area contributed by atoms with Gasteiger partial charge in [0.25, 0.3) is 0 Å². The molecule has 0 unspecified atom stereocenters. The maximum Gasteiger partial charge on any atom is 0.186 e. The Balaban J connectivity index is 0. The molecule has 0 amide bonds. The van der Waals surface area contributed by atoms with Gasteiger partial charge in [0.2, 0.25) is 0 Å². The van der Waals surface area contributed by atoms with Gasteiger partial charge in [0.15, 0.2) is 16.5 Å². The van der Waals surface area contributed by atoms with Crippen molar-refractivity contribution in [1.29, 1.82) is 0 Å². The zero-order valence-corrected chi connectivity index (χ0v) is 18.8. The molecule has 0 fully saturated rings. The minimum absolute atomic E-state index is 0.0608. The maximum atomic E-state index is 4.30. The van der Waals surface area contributed by atoms with Crippen molar-refractivity contribution in [2.24, 2.45) is 19.3 Å². The van der Waals surface area contributed by atoms with E-state index in [0.717, 1.165) is 0 Å². The van der Waals surface area contributed by atoms with E-state index in [-0.39, 0.29) is 11.1 Å². The van der Waals surface area contributed by atoms with Gasteiger partial charge >= 0.3 is 0 Å². The van der Waals surface area contributed by atoms with Crippen LogP contribution in [0, 0.1) is 0 Å². The van der Waals surface area contributed by atoms with Gasteiger partial charge in [-0.2, -0.15) is 0 Å². The molecule has 0 bridgehead atoms. The van der Waals surface area contributed by atoms with Crippen molar-refractivity contribution >= 4 is 28.5 Å². The molecule has 0 saturated carbocycles. The molecule has 0 aromatic heterocycles. The molecule has 0 spiro atoms. The molecule has 0 aromatic rings. The molecular formula is C16H36N4Si2. The Kier molecular flexibility index (Phi) is 9.31. The van der Waals surface area contributed by atoms with Gasteiger partial charge in [-0.1, -0.05) is 0 Å². The lowest BCUT2D eigenvalue weighted by Gasteiger charge is -2.10. The number of hydrogen-bond acceptors (Lipinski definition) is 4. The van der Waals surface area contributed by atoms with Crippen LogP contribution in [0.5, 0.6) is 0 Å². The summed E-state index contributed by atoms with van der Waals surface area (Å²) in [4.78, 5) is 8.25. The quantitative estimate of drug-likeness (QED) is 0.465. The van der Waals surface area contributed by atoms with Gasteiger partial charge in [0.1, 0.15) is 0 Å². The minimum atomic E-state index is -1.31. The van der Waals surface area contributed by atoms with E-state index in [1.54, 1.807) is 0 Å². The molecular weight excluding hydrogens is 304 g/mol. The van der Waals surface area contributed by atoms with E-state index in [1.807, 2.05) is 41.5 Å². The van der Waals surface area contributed by atoms with E-state index in [0.29, 0.717) is 0 Å². The van der Waals surface area contributed by atoms with Gasteiger partial charge in [-0.25, -0.2) is 9.98 Å². The topological polar surface area (TPSA) is 49.4 Å². The van der Waals surface area contributed by atoms with Crippen LogP contribution in [0.3, 0.4) is 0 Å². The van der Waals surface area contributed by atoms with Crippen LogP contribution >= 0.6 is 0 Å². The molecule has 0 saturated heterocycles. The van der Waals surface area contributed by atoms with Crippen LogP contribution in [0.4, 0.5) is 0 Å². The molecule has 0 radical (unpaired) electrons. The molecule has 0 aliphatic rings. The summed E-state index contributed by atoms with van der Waals surface area (Å²) in [6.45, 7) is 25.2. The molecule has 4 nitrogen and oxygen atoms in total. The summed E-state index contributed by atoms with van der Waals surface area (Å²) >= 11 is 0. The molecule has 0 aliphatic heterocycles. The summed E-state index contributed by atoms with van der Waals surface area (Å²) in [5.41, 5.74) is -0.122. The third-order valence-corrected chi connectivity index (χ3v) is 3.08. The van der Waals surface area contributed by atoms with Crippen LogP contribution in [0.15, 0.2) is 19.3 Å². The van der Waals surface area contributed by atoms with E-state index in [4.69, 9.17) is 0 Å². The van der Waals surface area contributed by atoms with Crippen LogP contribution in [0.25, 0.3) is 0 Å². The first-order valence-corrected chi connectivity index (χ1v) is 14.7. The predicted octanol–water partition coefficient (Wildman–Crippen LogP) is 5.59. The van der Waals surface area contributed by atoms with Crippen LogP contribution in [0.1, 0.15) is 41.5 Å². The third kappa shape index (κ3) is 27.5. The normalized spacial score (nSPS) is 12.2. The van der Waals surface area contributed by atoms with Gasteiger partial charge in [0.05, 0.1) is 23.1 Å². The lowest BCUT2D eigenvalue weighted by molar-refractivity contribution is 0.571. The SMILES string of the molecule is CC(C)(C)N=C=NC(C)(C)C.C[Si](C)(C)N=C=N[Si](C)(C)C. The number of hydrogen-bond donors (Lipinski definition) is 0. The summed E-state index contributed by atoms with van der Waals surface area (Å²) in [6, 6.07) is 5.55. The third-order valence-electron chi connectivity index (χ3n) is 1.54. The lowest BCUT2D eigenvalue weighted by Crippen LogP contribution is -2.18. The molecule has 0 heterocycles. The number of rotatable bonds is 2. The van der Waals surface area contributed by atoms with Gasteiger partial charge in [-0.3, -0.25) is 9.32 Å².